The minimum absolute atomic E-state index is 0.0948. The lowest BCUT2D eigenvalue weighted by atomic mass is 10.3. The van der Waals surface area contributed by atoms with E-state index in [-0.39, 0.29) is 10.5 Å². The summed E-state index contributed by atoms with van der Waals surface area (Å²) in [6, 6.07) is 14.0. The number of hydrogen-bond donors (Lipinski definition) is 2. The van der Waals surface area contributed by atoms with E-state index in [1.807, 2.05) is 18.2 Å². The molecule has 4 nitrogen and oxygen atoms in total. The van der Waals surface area contributed by atoms with E-state index in [4.69, 9.17) is 23.2 Å². The first-order valence-electron chi connectivity index (χ1n) is 5.87. The minimum Gasteiger partial charge on any atom is -0.320 e. The van der Waals surface area contributed by atoms with Gasteiger partial charge >= 0.3 is 0 Å². The maximum Gasteiger partial charge on any atom is 0.283 e. The second-order valence-corrected chi connectivity index (χ2v) is 5.55. The van der Waals surface area contributed by atoms with Gasteiger partial charge in [-0.25, -0.2) is 0 Å². The third-order valence-corrected chi connectivity index (χ3v) is 3.51. The predicted molar refractivity (Wildman–Crippen MR) is 91.5 cm³/mol. The van der Waals surface area contributed by atoms with Gasteiger partial charge in [-0.3, -0.25) is 10.2 Å². The van der Waals surface area contributed by atoms with Gasteiger partial charge in [-0.1, -0.05) is 41.4 Å². The highest BCUT2D eigenvalue weighted by Crippen LogP contribution is 2.25. The Bertz CT molecular complexity index is 677. The van der Waals surface area contributed by atoms with Gasteiger partial charge in [0.2, 0.25) is 0 Å². The molecule has 0 aliphatic rings. The lowest BCUT2D eigenvalue weighted by Crippen LogP contribution is -2.19. The van der Waals surface area contributed by atoms with Gasteiger partial charge in [0.25, 0.3) is 5.91 Å². The molecule has 0 radical (unpaired) electrons. The second kappa shape index (κ2) is 7.45. The number of amides is 1. The summed E-state index contributed by atoms with van der Waals surface area (Å²) < 4.78 is 0.0948. The maximum absolute atomic E-state index is 11.9. The Morgan fingerprint density at radius 2 is 1.81 bits per heavy atom. The third kappa shape index (κ3) is 4.74. The van der Waals surface area contributed by atoms with E-state index in [9.17, 15) is 4.79 Å². The number of hydrogen-bond acceptors (Lipinski definition) is 3. The van der Waals surface area contributed by atoms with Crippen LogP contribution in [-0.4, -0.2) is 10.5 Å². The van der Waals surface area contributed by atoms with Gasteiger partial charge < -0.3 is 5.32 Å². The predicted octanol–water partition coefficient (Wildman–Crippen LogP) is 4.75. The Kier molecular flexibility index (Phi) is 5.61. The summed E-state index contributed by atoms with van der Waals surface area (Å²) in [5, 5.41) is 7.55. The fraction of sp³-hybridized carbons (Fsp3) is 0. The number of rotatable bonds is 4. The molecule has 1 amide bonds. The lowest BCUT2D eigenvalue weighted by Gasteiger charge is -2.06. The van der Waals surface area contributed by atoms with Gasteiger partial charge in [-0.2, -0.15) is 5.10 Å². The molecule has 21 heavy (non-hydrogen) atoms. The molecule has 2 rings (SSSR count). The van der Waals surface area contributed by atoms with E-state index in [2.05, 4.69) is 31.8 Å². The molecule has 2 aromatic rings. The molecule has 0 atom stereocenters. The van der Waals surface area contributed by atoms with Crippen LogP contribution in [0.4, 0.5) is 11.4 Å². The minimum atomic E-state index is -0.376. The number of anilines is 2. The monoisotopic (exact) mass is 385 g/mol. The van der Waals surface area contributed by atoms with E-state index in [0.29, 0.717) is 21.4 Å². The second-order valence-electron chi connectivity index (χ2n) is 3.96. The number of benzene rings is 2. The van der Waals surface area contributed by atoms with E-state index in [1.165, 1.54) is 0 Å². The van der Waals surface area contributed by atoms with Crippen molar-refractivity contribution in [2.75, 3.05) is 10.7 Å². The summed E-state index contributed by atoms with van der Waals surface area (Å²) in [6.07, 6.45) is 0. The zero-order valence-corrected chi connectivity index (χ0v) is 13.7. The van der Waals surface area contributed by atoms with Gasteiger partial charge in [0.15, 0.2) is 4.62 Å². The highest BCUT2D eigenvalue weighted by molar-refractivity contribution is 9.19. The van der Waals surface area contributed by atoms with Crippen LogP contribution >= 0.6 is 39.1 Å². The van der Waals surface area contributed by atoms with Crippen LogP contribution < -0.4 is 10.7 Å². The van der Waals surface area contributed by atoms with Crippen molar-refractivity contribution in [3.05, 3.63) is 58.6 Å². The molecular weight excluding hydrogens is 377 g/mol. The molecule has 2 N–H and O–H groups in total. The van der Waals surface area contributed by atoms with E-state index in [1.54, 1.807) is 30.3 Å². The quantitative estimate of drug-likeness (QED) is 0.588. The van der Waals surface area contributed by atoms with E-state index < -0.39 is 0 Å². The highest BCUT2D eigenvalue weighted by Gasteiger charge is 2.08. The lowest BCUT2D eigenvalue weighted by molar-refractivity contribution is -0.110. The van der Waals surface area contributed by atoms with Gasteiger partial charge in [0.1, 0.15) is 0 Å². The molecule has 0 spiro atoms. The Balaban J connectivity index is 2.02. The molecule has 2 aromatic carbocycles. The van der Waals surface area contributed by atoms with Crippen LogP contribution in [0.3, 0.4) is 0 Å². The fourth-order valence-corrected chi connectivity index (χ4v) is 2.08. The van der Waals surface area contributed by atoms with Crippen LogP contribution in [0.5, 0.6) is 0 Å². The van der Waals surface area contributed by atoms with Crippen LogP contribution in [-0.2, 0) is 4.79 Å². The molecule has 0 aromatic heterocycles. The van der Waals surface area contributed by atoms with Crippen molar-refractivity contribution in [1.82, 2.24) is 0 Å². The Morgan fingerprint density at radius 3 is 2.48 bits per heavy atom. The normalized spacial score (nSPS) is 11.1. The highest BCUT2D eigenvalue weighted by atomic mass is 79.9. The Hall–Kier alpha value is -1.56. The third-order valence-electron chi connectivity index (χ3n) is 2.42. The summed E-state index contributed by atoms with van der Waals surface area (Å²) in [6.45, 7) is 0. The average Bonchev–Trinajstić information content (AvgIpc) is 2.47. The topological polar surface area (TPSA) is 53.5 Å². The molecular formula is C14H10BrCl2N3O. The van der Waals surface area contributed by atoms with Gasteiger partial charge in [-0.15, -0.1) is 0 Å². The number of para-hydroxylation sites is 1. The van der Waals surface area contributed by atoms with Crippen molar-refractivity contribution in [3.8, 4) is 0 Å². The first-order chi connectivity index (χ1) is 10.1. The van der Waals surface area contributed by atoms with Crippen molar-refractivity contribution >= 4 is 61.0 Å². The summed E-state index contributed by atoms with van der Waals surface area (Å²) in [4.78, 5) is 11.9. The fourth-order valence-electron chi connectivity index (χ4n) is 1.44. The number of hydrazone groups is 1. The SMILES string of the molecule is O=C(Nc1ccccc1)C(Br)=NNc1ccc(Cl)cc1Cl. The zero-order valence-electron chi connectivity index (χ0n) is 10.6. The molecule has 108 valence electrons. The summed E-state index contributed by atoms with van der Waals surface area (Å²) in [5.74, 6) is -0.376. The summed E-state index contributed by atoms with van der Waals surface area (Å²) in [7, 11) is 0. The van der Waals surface area contributed by atoms with Crippen molar-refractivity contribution in [2.45, 2.75) is 0 Å². The maximum atomic E-state index is 11.9. The molecule has 0 fully saturated rings. The smallest absolute Gasteiger partial charge is 0.283 e. The Morgan fingerprint density at radius 1 is 1.10 bits per heavy atom. The molecule has 0 aliphatic carbocycles. The van der Waals surface area contributed by atoms with Crippen LogP contribution in [0.25, 0.3) is 0 Å². The number of halogens is 3. The molecule has 7 heteroatoms. The van der Waals surface area contributed by atoms with E-state index in [0.717, 1.165) is 0 Å². The first-order valence-corrected chi connectivity index (χ1v) is 7.42. The first kappa shape index (κ1) is 15.8. The molecule has 0 saturated heterocycles. The molecule has 0 unspecified atom stereocenters. The standard InChI is InChI=1S/C14H10BrCl2N3O/c15-13(14(21)18-10-4-2-1-3-5-10)20-19-12-7-6-9(16)8-11(12)17/h1-8,19H,(H,18,21). The molecule has 0 saturated carbocycles. The van der Waals surface area contributed by atoms with E-state index >= 15 is 0 Å². The number of carbonyl (C=O) groups excluding carboxylic acids is 1. The van der Waals surface area contributed by atoms with Crippen LogP contribution in [0.1, 0.15) is 0 Å². The van der Waals surface area contributed by atoms with Gasteiger partial charge in [0, 0.05) is 10.7 Å². The zero-order chi connectivity index (χ0) is 15.2. The van der Waals surface area contributed by atoms with Crippen molar-refractivity contribution in [3.63, 3.8) is 0 Å². The molecule has 0 bridgehead atoms. The number of carbonyl (C=O) groups is 1. The average molecular weight is 387 g/mol. The Labute approximate surface area is 140 Å². The van der Waals surface area contributed by atoms with Crippen molar-refractivity contribution in [1.29, 1.82) is 0 Å². The van der Waals surface area contributed by atoms with Crippen LogP contribution in [0.15, 0.2) is 53.6 Å². The summed E-state index contributed by atoms with van der Waals surface area (Å²) in [5.41, 5.74) is 3.92. The number of nitrogens with one attached hydrogen (secondary N) is 2. The largest absolute Gasteiger partial charge is 0.320 e. The van der Waals surface area contributed by atoms with Crippen molar-refractivity contribution in [2.24, 2.45) is 5.10 Å². The van der Waals surface area contributed by atoms with Crippen LogP contribution in [0, 0.1) is 0 Å². The molecule has 0 heterocycles. The molecule has 0 aliphatic heterocycles. The van der Waals surface area contributed by atoms with Gasteiger partial charge in [-0.05, 0) is 46.3 Å². The summed E-state index contributed by atoms with van der Waals surface area (Å²) >= 11 is 14.9. The van der Waals surface area contributed by atoms with Crippen molar-refractivity contribution < 1.29 is 4.79 Å². The number of nitrogens with zero attached hydrogens (tertiary/aromatic N) is 1. The van der Waals surface area contributed by atoms with Crippen LogP contribution in [0.2, 0.25) is 10.0 Å². The van der Waals surface area contributed by atoms with Gasteiger partial charge in [0.05, 0.1) is 10.7 Å².